The van der Waals surface area contributed by atoms with Crippen molar-refractivity contribution < 1.29 is 0 Å². The maximum absolute atomic E-state index is 4.76. The molecule has 21 heavy (non-hydrogen) atoms. The molecule has 0 aliphatic carbocycles. The molecule has 2 heterocycles. The Hall–Kier alpha value is -1.97. The molecule has 4 heteroatoms. The fourth-order valence-corrected chi connectivity index (χ4v) is 2.17. The standard InChI is InChI=1S/C17H24N4/c1-12(2)8-10-21(5)17-13(3)14(4)19-16(20-17)15-7-6-9-18-11-15/h6-7,9,11-12H,8,10H2,1-5H3. The highest BCUT2D eigenvalue weighted by molar-refractivity contribution is 5.59. The molecule has 0 unspecified atom stereocenters. The van der Waals surface area contributed by atoms with Gasteiger partial charge in [0.1, 0.15) is 5.82 Å². The van der Waals surface area contributed by atoms with Gasteiger partial charge in [0.2, 0.25) is 0 Å². The Morgan fingerprint density at radius 1 is 1.19 bits per heavy atom. The lowest BCUT2D eigenvalue weighted by molar-refractivity contribution is 0.583. The predicted molar refractivity (Wildman–Crippen MR) is 87.5 cm³/mol. The second kappa shape index (κ2) is 6.66. The van der Waals surface area contributed by atoms with E-state index in [2.05, 4.69) is 42.7 Å². The van der Waals surface area contributed by atoms with Gasteiger partial charge in [0.05, 0.1) is 0 Å². The number of pyridine rings is 1. The molecule has 0 aliphatic heterocycles. The van der Waals surface area contributed by atoms with E-state index in [4.69, 9.17) is 4.98 Å². The Morgan fingerprint density at radius 3 is 2.57 bits per heavy atom. The van der Waals surface area contributed by atoms with Crippen LogP contribution >= 0.6 is 0 Å². The molecule has 2 aromatic rings. The van der Waals surface area contributed by atoms with Crippen molar-refractivity contribution in [2.75, 3.05) is 18.5 Å². The minimum atomic E-state index is 0.688. The van der Waals surface area contributed by atoms with Gasteiger partial charge in [-0.3, -0.25) is 4.98 Å². The van der Waals surface area contributed by atoms with E-state index in [0.717, 1.165) is 41.4 Å². The molecule has 2 rings (SSSR count). The lowest BCUT2D eigenvalue weighted by atomic mass is 10.1. The molecule has 0 saturated heterocycles. The Balaban J connectivity index is 2.35. The zero-order valence-electron chi connectivity index (χ0n) is 13.6. The van der Waals surface area contributed by atoms with Crippen molar-refractivity contribution >= 4 is 5.82 Å². The van der Waals surface area contributed by atoms with Crippen molar-refractivity contribution in [3.8, 4) is 11.4 Å². The summed E-state index contributed by atoms with van der Waals surface area (Å²) in [5, 5.41) is 0. The molecule has 0 aliphatic rings. The summed E-state index contributed by atoms with van der Waals surface area (Å²) in [4.78, 5) is 15.7. The number of anilines is 1. The van der Waals surface area contributed by atoms with Gasteiger partial charge in [0, 0.05) is 42.8 Å². The van der Waals surface area contributed by atoms with Crippen molar-refractivity contribution in [1.29, 1.82) is 0 Å². The second-order valence-corrected chi connectivity index (χ2v) is 5.93. The van der Waals surface area contributed by atoms with Crippen LogP contribution in [-0.2, 0) is 0 Å². The van der Waals surface area contributed by atoms with Crippen LogP contribution in [0, 0.1) is 19.8 Å². The zero-order valence-corrected chi connectivity index (χ0v) is 13.6. The van der Waals surface area contributed by atoms with Crippen LogP contribution < -0.4 is 4.90 Å². The zero-order chi connectivity index (χ0) is 15.4. The van der Waals surface area contributed by atoms with Crippen molar-refractivity contribution in [3.63, 3.8) is 0 Å². The summed E-state index contributed by atoms with van der Waals surface area (Å²) < 4.78 is 0. The predicted octanol–water partition coefficient (Wildman–Crippen LogP) is 3.64. The molecule has 0 radical (unpaired) electrons. The highest BCUT2D eigenvalue weighted by Gasteiger charge is 2.13. The van der Waals surface area contributed by atoms with E-state index in [1.54, 1.807) is 6.20 Å². The van der Waals surface area contributed by atoms with E-state index in [0.29, 0.717) is 5.92 Å². The van der Waals surface area contributed by atoms with Crippen LogP contribution in [0.25, 0.3) is 11.4 Å². The highest BCUT2D eigenvalue weighted by atomic mass is 15.2. The van der Waals surface area contributed by atoms with Crippen molar-refractivity contribution in [1.82, 2.24) is 15.0 Å². The van der Waals surface area contributed by atoms with Gasteiger partial charge in [-0.1, -0.05) is 13.8 Å². The van der Waals surface area contributed by atoms with Crippen LogP contribution in [0.15, 0.2) is 24.5 Å². The molecule has 0 bridgehead atoms. The fraction of sp³-hybridized carbons (Fsp3) is 0.471. The largest absolute Gasteiger partial charge is 0.359 e. The number of aromatic nitrogens is 3. The normalized spacial score (nSPS) is 11.0. The van der Waals surface area contributed by atoms with E-state index < -0.39 is 0 Å². The van der Waals surface area contributed by atoms with Crippen LogP contribution in [0.4, 0.5) is 5.82 Å². The number of hydrogen-bond donors (Lipinski definition) is 0. The quantitative estimate of drug-likeness (QED) is 0.840. The van der Waals surface area contributed by atoms with Gasteiger partial charge in [0.15, 0.2) is 5.82 Å². The average Bonchev–Trinajstić information content (AvgIpc) is 2.48. The Kier molecular flexibility index (Phi) is 4.89. The Morgan fingerprint density at radius 2 is 1.95 bits per heavy atom. The van der Waals surface area contributed by atoms with Gasteiger partial charge in [-0.05, 0) is 38.3 Å². The third kappa shape index (κ3) is 3.78. The number of aryl methyl sites for hydroxylation is 1. The molecule has 0 fully saturated rings. The SMILES string of the molecule is Cc1nc(-c2cccnc2)nc(N(C)CCC(C)C)c1C. The van der Waals surface area contributed by atoms with Crippen LogP contribution in [0.2, 0.25) is 0 Å². The minimum absolute atomic E-state index is 0.688. The van der Waals surface area contributed by atoms with E-state index in [1.807, 2.05) is 25.3 Å². The first-order valence-corrected chi connectivity index (χ1v) is 7.45. The molecule has 4 nitrogen and oxygen atoms in total. The number of nitrogens with zero attached hydrogens (tertiary/aromatic N) is 4. The first-order valence-electron chi connectivity index (χ1n) is 7.45. The summed E-state index contributed by atoms with van der Waals surface area (Å²) in [5.41, 5.74) is 3.13. The van der Waals surface area contributed by atoms with Gasteiger partial charge < -0.3 is 4.90 Å². The molecular weight excluding hydrogens is 260 g/mol. The van der Waals surface area contributed by atoms with Crippen LogP contribution in [0.3, 0.4) is 0 Å². The summed E-state index contributed by atoms with van der Waals surface area (Å²) >= 11 is 0. The highest BCUT2D eigenvalue weighted by Crippen LogP contribution is 2.23. The molecule has 2 aromatic heterocycles. The van der Waals surface area contributed by atoms with Crippen molar-refractivity contribution in [2.45, 2.75) is 34.1 Å². The molecule has 112 valence electrons. The third-order valence-corrected chi connectivity index (χ3v) is 3.69. The number of hydrogen-bond acceptors (Lipinski definition) is 4. The summed E-state index contributed by atoms with van der Waals surface area (Å²) in [6.45, 7) is 9.61. The molecule has 0 saturated carbocycles. The van der Waals surface area contributed by atoms with Gasteiger partial charge in [-0.2, -0.15) is 0 Å². The van der Waals surface area contributed by atoms with Crippen molar-refractivity contribution in [2.24, 2.45) is 5.92 Å². The van der Waals surface area contributed by atoms with Gasteiger partial charge in [-0.25, -0.2) is 9.97 Å². The lowest BCUT2D eigenvalue weighted by Crippen LogP contribution is -2.23. The fourth-order valence-electron chi connectivity index (χ4n) is 2.17. The van der Waals surface area contributed by atoms with Crippen LogP contribution in [0.5, 0.6) is 0 Å². The molecule has 0 N–H and O–H groups in total. The maximum atomic E-state index is 4.76. The molecule has 0 atom stereocenters. The minimum Gasteiger partial charge on any atom is -0.359 e. The van der Waals surface area contributed by atoms with Gasteiger partial charge in [-0.15, -0.1) is 0 Å². The van der Waals surface area contributed by atoms with E-state index >= 15 is 0 Å². The second-order valence-electron chi connectivity index (χ2n) is 5.93. The molecule has 0 spiro atoms. The van der Waals surface area contributed by atoms with Gasteiger partial charge in [0.25, 0.3) is 0 Å². The lowest BCUT2D eigenvalue weighted by Gasteiger charge is -2.22. The van der Waals surface area contributed by atoms with Crippen molar-refractivity contribution in [3.05, 3.63) is 35.8 Å². The average molecular weight is 284 g/mol. The van der Waals surface area contributed by atoms with E-state index in [9.17, 15) is 0 Å². The summed E-state index contributed by atoms with van der Waals surface area (Å²) in [5.74, 6) is 2.45. The molecule has 0 amide bonds. The van der Waals surface area contributed by atoms with Gasteiger partial charge >= 0.3 is 0 Å². The van der Waals surface area contributed by atoms with E-state index in [-0.39, 0.29) is 0 Å². The first kappa shape index (κ1) is 15.4. The Bertz CT molecular complexity index is 593. The number of rotatable bonds is 5. The topological polar surface area (TPSA) is 41.9 Å². The third-order valence-electron chi connectivity index (χ3n) is 3.69. The van der Waals surface area contributed by atoms with Crippen LogP contribution in [-0.4, -0.2) is 28.5 Å². The van der Waals surface area contributed by atoms with Crippen LogP contribution in [0.1, 0.15) is 31.5 Å². The monoisotopic (exact) mass is 284 g/mol. The molecule has 0 aromatic carbocycles. The maximum Gasteiger partial charge on any atom is 0.163 e. The summed E-state index contributed by atoms with van der Waals surface area (Å²) in [6.07, 6.45) is 4.73. The summed E-state index contributed by atoms with van der Waals surface area (Å²) in [6, 6.07) is 3.91. The molecular formula is C17H24N4. The van der Waals surface area contributed by atoms with E-state index in [1.165, 1.54) is 0 Å². The Labute approximate surface area is 127 Å². The summed E-state index contributed by atoms with van der Waals surface area (Å²) in [7, 11) is 2.10. The first-order chi connectivity index (χ1) is 9.99. The smallest absolute Gasteiger partial charge is 0.163 e.